The van der Waals surface area contributed by atoms with Gasteiger partial charge in [-0.1, -0.05) is 26.5 Å². The lowest BCUT2D eigenvalue weighted by Gasteiger charge is -2.21. The monoisotopic (exact) mass is 697 g/mol. The second-order valence-electron chi connectivity index (χ2n) is 13.7. The topological polar surface area (TPSA) is 134 Å². The van der Waals surface area contributed by atoms with Crippen molar-refractivity contribution in [2.45, 2.75) is 53.9 Å². The Hall–Kier alpha value is -5.77. The van der Waals surface area contributed by atoms with Crippen molar-refractivity contribution >= 4 is 34.7 Å². The van der Waals surface area contributed by atoms with Gasteiger partial charge in [-0.05, 0) is 98.4 Å². The van der Waals surface area contributed by atoms with Crippen molar-refractivity contribution in [1.82, 2.24) is 5.32 Å². The van der Waals surface area contributed by atoms with E-state index >= 15 is 0 Å². The molecule has 7 rings (SSSR count). The standard InChI is InChI=1S/C42H43N5O5/c1-9-26-20(3)29-17-31-22(5)28(15-16-35(48)52-8)39(46-31)37-38(42(50)43-24-11-13-25(51-7)14-12-24)41(49)36-23(6)32(47-40(36)37)19-34-27(10-2)21(4)30(45-34)18-33(26)44-29/h9,11-14,17-19,22,28,38,46,49H,1,10,15-16H2,2-8H3,(H,43,50)/t22-,28-,38-/m0/s1. The molecule has 0 radical (unpaired) electrons. The number of carbonyl (C=O) groups excluding carboxylic acids is 2. The first-order valence-electron chi connectivity index (χ1n) is 17.6. The minimum absolute atomic E-state index is 0.0712. The molecule has 1 fully saturated rings. The fourth-order valence-electron chi connectivity index (χ4n) is 7.95. The fraction of sp³-hybridized carbons (Fsp3) is 0.310. The highest BCUT2D eigenvalue weighted by atomic mass is 16.5. The van der Waals surface area contributed by atoms with E-state index in [0.29, 0.717) is 40.4 Å². The molecule has 3 N–H and O–H groups in total. The summed E-state index contributed by atoms with van der Waals surface area (Å²) in [6, 6.07) is 7.04. The second kappa shape index (κ2) is 13.4. The van der Waals surface area contributed by atoms with Gasteiger partial charge in [-0.2, -0.15) is 0 Å². The lowest BCUT2D eigenvalue weighted by molar-refractivity contribution is -0.140. The van der Waals surface area contributed by atoms with Crippen LogP contribution in [0.4, 0.5) is 5.69 Å². The van der Waals surface area contributed by atoms with Crippen molar-refractivity contribution in [1.29, 1.82) is 0 Å². The van der Waals surface area contributed by atoms with Gasteiger partial charge >= 0.3 is 5.97 Å². The lowest BCUT2D eigenvalue weighted by Crippen LogP contribution is -2.28. The minimum atomic E-state index is -1.06. The van der Waals surface area contributed by atoms with E-state index in [4.69, 9.17) is 24.5 Å². The van der Waals surface area contributed by atoms with Gasteiger partial charge in [0.15, 0.2) is 0 Å². The predicted molar refractivity (Wildman–Crippen MR) is 204 cm³/mol. The molecule has 1 aromatic carbocycles. The zero-order chi connectivity index (χ0) is 37.0. The summed E-state index contributed by atoms with van der Waals surface area (Å²) in [4.78, 5) is 42.2. The molecule has 52 heavy (non-hydrogen) atoms. The van der Waals surface area contributed by atoms with Gasteiger partial charge in [0.25, 0.3) is 0 Å². The summed E-state index contributed by atoms with van der Waals surface area (Å²) in [5.74, 6) is -1.55. The number of nitrogens with one attached hydrogen (secondary N) is 2. The number of allylic oxidation sites excluding steroid dienone is 11. The number of anilines is 1. The number of esters is 1. The zero-order valence-electron chi connectivity index (χ0n) is 30.6. The van der Waals surface area contributed by atoms with Crippen molar-refractivity contribution in [3.63, 3.8) is 0 Å². The normalized spacial score (nSPS) is 23.3. The van der Waals surface area contributed by atoms with Gasteiger partial charge in [-0.15, -0.1) is 0 Å². The smallest absolute Gasteiger partial charge is 0.305 e. The second-order valence-corrected chi connectivity index (χ2v) is 13.7. The van der Waals surface area contributed by atoms with Crippen molar-refractivity contribution in [2.24, 2.45) is 32.7 Å². The maximum atomic E-state index is 14.3. The average Bonchev–Trinajstić information content (AvgIpc) is 3.88. The Labute approximate surface area is 303 Å². The molecular formula is C42H43N5O5. The van der Waals surface area contributed by atoms with Gasteiger partial charge in [0.05, 0.1) is 48.4 Å². The van der Waals surface area contributed by atoms with Gasteiger partial charge in [-0.3, -0.25) is 9.59 Å². The van der Waals surface area contributed by atoms with Crippen LogP contribution in [0.1, 0.15) is 53.9 Å². The summed E-state index contributed by atoms with van der Waals surface area (Å²) in [5, 5.41) is 18.8. The van der Waals surface area contributed by atoms with Crippen LogP contribution in [0.2, 0.25) is 0 Å². The maximum Gasteiger partial charge on any atom is 0.305 e. The summed E-state index contributed by atoms with van der Waals surface area (Å²) in [5.41, 5.74) is 12.5. The molecule has 10 nitrogen and oxygen atoms in total. The third-order valence-corrected chi connectivity index (χ3v) is 10.9. The Kier molecular flexibility index (Phi) is 8.94. The summed E-state index contributed by atoms with van der Waals surface area (Å²) >= 11 is 0. The number of benzene rings is 1. The van der Waals surface area contributed by atoms with Gasteiger partial charge in [0, 0.05) is 52.1 Å². The number of aliphatic hydroxyl groups excluding tert-OH is 1. The number of nitrogens with zero attached hydrogens (tertiary/aromatic N) is 3. The first kappa shape index (κ1) is 34.7. The van der Waals surface area contributed by atoms with Gasteiger partial charge in [-0.25, -0.2) is 15.0 Å². The highest BCUT2D eigenvalue weighted by Crippen LogP contribution is 2.49. The fourth-order valence-corrected chi connectivity index (χ4v) is 7.95. The van der Waals surface area contributed by atoms with Gasteiger partial charge in [0.2, 0.25) is 5.91 Å². The van der Waals surface area contributed by atoms with Crippen LogP contribution >= 0.6 is 0 Å². The van der Waals surface area contributed by atoms with Crippen molar-refractivity contribution in [3.05, 3.63) is 128 Å². The average molecular weight is 698 g/mol. The molecule has 8 bridgehead atoms. The number of ether oxygens (including phenoxy) is 2. The molecule has 0 aromatic heterocycles. The van der Waals surface area contributed by atoms with Crippen molar-refractivity contribution in [2.75, 3.05) is 19.5 Å². The van der Waals surface area contributed by atoms with Crippen LogP contribution in [0, 0.1) is 17.8 Å². The molecule has 1 amide bonds. The SMILES string of the molecule is C=CC1=C(C)C2=NC1=CC1=NC(=CC3=C(C)C4=C(O)[C@@H](C(=O)Nc5ccc(OC)cc5)C(=C5NC(=C2)[C@@H](C)[C@@H]5CCC(=O)OC)C4=N3)C(CC)=C1C. The summed E-state index contributed by atoms with van der Waals surface area (Å²) in [6.45, 7) is 14.3. The number of carbonyl (C=O) groups is 2. The number of aliphatic hydroxyl groups is 1. The molecule has 1 aliphatic carbocycles. The quantitative estimate of drug-likeness (QED) is 0.239. The van der Waals surface area contributed by atoms with Crippen LogP contribution in [0.5, 0.6) is 5.75 Å². The highest BCUT2D eigenvalue weighted by molar-refractivity contribution is 6.25. The number of hydrogen-bond donors (Lipinski definition) is 3. The Morgan fingerprint density at radius 1 is 0.981 bits per heavy atom. The molecule has 0 spiro atoms. The molecule has 5 heterocycles. The molecule has 5 aliphatic heterocycles. The van der Waals surface area contributed by atoms with Crippen LogP contribution in [0.3, 0.4) is 0 Å². The highest BCUT2D eigenvalue weighted by Gasteiger charge is 2.48. The Bertz CT molecular complexity index is 2200. The maximum absolute atomic E-state index is 14.3. The Balaban J connectivity index is 1.47. The molecule has 0 saturated carbocycles. The molecule has 0 unspecified atom stereocenters. The number of rotatable bonds is 8. The Morgan fingerprint density at radius 2 is 1.69 bits per heavy atom. The van der Waals surface area contributed by atoms with Gasteiger partial charge in [0.1, 0.15) is 17.4 Å². The lowest BCUT2D eigenvalue weighted by atomic mass is 9.84. The number of fused-ring (bicyclic) bond motifs is 5. The number of amides is 1. The van der Waals surface area contributed by atoms with Crippen LogP contribution in [-0.2, 0) is 14.3 Å². The van der Waals surface area contributed by atoms with E-state index in [9.17, 15) is 14.7 Å². The van der Waals surface area contributed by atoms with Crippen molar-refractivity contribution < 1.29 is 24.2 Å². The minimum Gasteiger partial charge on any atom is -0.510 e. The van der Waals surface area contributed by atoms with Crippen LogP contribution in [-0.4, -0.2) is 48.3 Å². The number of hydrogen-bond acceptors (Lipinski definition) is 9. The number of methoxy groups -OCH3 is 2. The first-order valence-corrected chi connectivity index (χ1v) is 17.6. The molecular weight excluding hydrogens is 654 g/mol. The van der Waals surface area contributed by atoms with Gasteiger partial charge < -0.3 is 25.2 Å². The molecule has 1 aromatic rings. The van der Waals surface area contributed by atoms with E-state index in [2.05, 4.69) is 38.0 Å². The third kappa shape index (κ3) is 5.62. The van der Waals surface area contributed by atoms with E-state index in [1.807, 2.05) is 38.2 Å². The van der Waals surface area contributed by atoms with E-state index in [1.54, 1.807) is 31.4 Å². The predicted octanol–water partition coefficient (Wildman–Crippen LogP) is 7.67. The van der Waals surface area contributed by atoms with E-state index in [1.165, 1.54) is 7.11 Å². The molecule has 266 valence electrons. The zero-order valence-corrected chi connectivity index (χ0v) is 30.6. The largest absolute Gasteiger partial charge is 0.510 e. The first-order chi connectivity index (χ1) is 25.0. The van der Waals surface area contributed by atoms with E-state index in [-0.39, 0.29) is 30.0 Å². The number of aliphatic imine (C=N–C) groups is 3. The molecule has 1 saturated heterocycles. The van der Waals surface area contributed by atoms with Crippen LogP contribution in [0.25, 0.3) is 0 Å². The van der Waals surface area contributed by atoms with Crippen LogP contribution < -0.4 is 15.4 Å². The van der Waals surface area contributed by atoms with Crippen molar-refractivity contribution in [3.8, 4) is 5.75 Å². The molecule has 6 aliphatic rings. The third-order valence-electron chi connectivity index (χ3n) is 10.9. The summed E-state index contributed by atoms with van der Waals surface area (Å²) in [6.07, 6.45) is 9.25. The summed E-state index contributed by atoms with van der Waals surface area (Å²) < 4.78 is 10.3. The molecule has 3 atom stereocenters. The molecule has 10 heteroatoms. The summed E-state index contributed by atoms with van der Waals surface area (Å²) in [7, 11) is 2.96. The van der Waals surface area contributed by atoms with Crippen LogP contribution in [0.15, 0.2) is 143 Å². The Morgan fingerprint density at radius 3 is 2.37 bits per heavy atom. The van der Waals surface area contributed by atoms with E-state index in [0.717, 1.165) is 68.5 Å². The van der Waals surface area contributed by atoms with E-state index < -0.39 is 11.8 Å².